The van der Waals surface area contributed by atoms with Gasteiger partial charge in [-0.25, -0.2) is 0 Å². The molecule has 33 heavy (non-hydrogen) atoms. The number of ketones is 1. The molecule has 2 heterocycles. The summed E-state index contributed by atoms with van der Waals surface area (Å²) in [5.74, 6) is 2.17. The molecule has 4 rings (SSSR count). The third kappa shape index (κ3) is 4.74. The number of allylic oxidation sites excluding steroid dienone is 1. The molecule has 8 heteroatoms. The van der Waals surface area contributed by atoms with Gasteiger partial charge in [-0.3, -0.25) is 9.59 Å². The van der Waals surface area contributed by atoms with Crippen molar-refractivity contribution < 1.29 is 33.3 Å². The molecule has 2 aliphatic heterocycles. The van der Waals surface area contributed by atoms with Crippen molar-refractivity contribution in [3.8, 4) is 28.7 Å². The monoisotopic (exact) mass is 453 g/mol. The van der Waals surface area contributed by atoms with E-state index in [0.29, 0.717) is 39.9 Å². The first kappa shape index (κ1) is 22.5. The Morgan fingerprint density at radius 2 is 1.70 bits per heavy atom. The van der Waals surface area contributed by atoms with Crippen molar-refractivity contribution in [1.29, 1.82) is 0 Å². The Bertz CT molecular complexity index is 1060. The van der Waals surface area contributed by atoms with E-state index in [-0.39, 0.29) is 24.1 Å². The summed E-state index contributed by atoms with van der Waals surface area (Å²) in [6.45, 7) is 1.51. The lowest BCUT2D eigenvalue weighted by atomic mass is 10.1. The molecule has 0 bridgehead atoms. The molecular formula is C25H27NO7. The number of methoxy groups -OCH3 is 3. The maximum Gasteiger partial charge on any atom is 0.260 e. The second-order valence-electron chi connectivity index (χ2n) is 7.79. The summed E-state index contributed by atoms with van der Waals surface area (Å²) >= 11 is 0. The smallest absolute Gasteiger partial charge is 0.260 e. The molecule has 1 saturated heterocycles. The van der Waals surface area contributed by atoms with E-state index in [1.807, 2.05) is 4.90 Å². The van der Waals surface area contributed by atoms with Crippen LogP contribution >= 0.6 is 0 Å². The molecule has 0 radical (unpaired) electrons. The average Bonchev–Trinajstić information content (AvgIpc) is 3.16. The lowest BCUT2D eigenvalue weighted by Crippen LogP contribution is -2.38. The van der Waals surface area contributed by atoms with Gasteiger partial charge in [0.25, 0.3) is 5.91 Å². The Balaban J connectivity index is 1.49. The highest BCUT2D eigenvalue weighted by molar-refractivity contribution is 6.14. The number of piperidine rings is 1. The second-order valence-corrected chi connectivity index (χ2v) is 7.79. The van der Waals surface area contributed by atoms with Gasteiger partial charge in [0.15, 0.2) is 23.9 Å². The molecule has 0 aromatic heterocycles. The van der Waals surface area contributed by atoms with Crippen molar-refractivity contribution in [3.05, 3.63) is 47.2 Å². The lowest BCUT2D eigenvalue weighted by Gasteiger charge is -2.26. The number of carbonyl (C=O) groups excluding carboxylic acids is 2. The summed E-state index contributed by atoms with van der Waals surface area (Å²) in [4.78, 5) is 27.0. The van der Waals surface area contributed by atoms with Crippen LogP contribution in [-0.2, 0) is 4.79 Å². The van der Waals surface area contributed by atoms with Gasteiger partial charge in [0, 0.05) is 19.2 Å². The van der Waals surface area contributed by atoms with E-state index < -0.39 is 0 Å². The predicted octanol–water partition coefficient (Wildman–Crippen LogP) is 3.72. The molecule has 0 aliphatic carbocycles. The van der Waals surface area contributed by atoms with Crippen molar-refractivity contribution >= 4 is 17.8 Å². The first-order valence-electron chi connectivity index (χ1n) is 10.8. The maximum absolute atomic E-state index is 12.8. The molecule has 2 aromatic carbocycles. The number of fused-ring (bicyclic) bond motifs is 1. The van der Waals surface area contributed by atoms with Crippen LogP contribution in [0.3, 0.4) is 0 Å². The standard InChI is InChI=1S/C25H27NO7/c1-29-21-12-16(13-22(30-2)25(21)31-3)11-20-24(28)18-8-7-17(14-19(18)33-20)32-15-23(27)26-9-5-4-6-10-26/h7-8,11-14H,4-6,9-10,15H2,1-3H3. The van der Waals surface area contributed by atoms with Gasteiger partial charge in [-0.1, -0.05) is 0 Å². The number of ether oxygens (including phenoxy) is 5. The first-order valence-corrected chi connectivity index (χ1v) is 10.8. The number of hydrogen-bond acceptors (Lipinski definition) is 7. The van der Waals surface area contributed by atoms with E-state index in [2.05, 4.69) is 0 Å². The molecule has 174 valence electrons. The van der Waals surface area contributed by atoms with Gasteiger partial charge in [0.1, 0.15) is 11.5 Å². The maximum atomic E-state index is 12.8. The fourth-order valence-electron chi connectivity index (χ4n) is 3.97. The number of likely N-dealkylation sites (tertiary alicyclic amines) is 1. The van der Waals surface area contributed by atoms with Crippen LogP contribution < -0.4 is 23.7 Å². The molecule has 8 nitrogen and oxygen atoms in total. The highest BCUT2D eigenvalue weighted by atomic mass is 16.5. The number of nitrogens with zero attached hydrogens (tertiary/aromatic N) is 1. The van der Waals surface area contributed by atoms with Gasteiger partial charge >= 0.3 is 0 Å². The number of carbonyl (C=O) groups is 2. The predicted molar refractivity (Wildman–Crippen MR) is 121 cm³/mol. The quantitative estimate of drug-likeness (QED) is 0.591. The zero-order valence-corrected chi connectivity index (χ0v) is 19.0. The van der Waals surface area contributed by atoms with E-state index in [4.69, 9.17) is 23.7 Å². The topological polar surface area (TPSA) is 83.5 Å². The lowest BCUT2D eigenvalue weighted by molar-refractivity contribution is -0.134. The van der Waals surface area contributed by atoms with Crippen molar-refractivity contribution in [2.45, 2.75) is 19.3 Å². The Hall–Kier alpha value is -3.68. The number of amides is 1. The molecule has 0 N–H and O–H groups in total. The minimum atomic E-state index is -0.241. The number of rotatable bonds is 7. The highest BCUT2D eigenvalue weighted by Gasteiger charge is 2.28. The van der Waals surface area contributed by atoms with Crippen molar-refractivity contribution in [1.82, 2.24) is 4.90 Å². The normalized spacial score (nSPS) is 16.3. The van der Waals surface area contributed by atoms with Crippen LogP contribution in [0.5, 0.6) is 28.7 Å². The van der Waals surface area contributed by atoms with Crippen LogP contribution in [0.25, 0.3) is 6.08 Å². The minimum absolute atomic E-state index is 0.0322. The van der Waals surface area contributed by atoms with Crippen molar-refractivity contribution in [2.24, 2.45) is 0 Å². The Morgan fingerprint density at radius 3 is 2.33 bits per heavy atom. The number of hydrogen-bond donors (Lipinski definition) is 0. The largest absolute Gasteiger partial charge is 0.493 e. The SMILES string of the molecule is COc1cc(C=C2Oc3cc(OCC(=O)N4CCCCC4)ccc3C2=O)cc(OC)c1OC. The first-order chi connectivity index (χ1) is 16.0. The van der Waals surface area contributed by atoms with Crippen LogP contribution in [-0.4, -0.2) is 57.6 Å². The summed E-state index contributed by atoms with van der Waals surface area (Å²) in [5, 5.41) is 0. The van der Waals surface area contributed by atoms with E-state index in [0.717, 1.165) is 32.4 Å². The Kier molecular flexibility index (Phi) is 6.72. The minimum Gasteiger partial charge on any atom is -0.493 e. The van der Waals surface area contributed by atoms with Gasteiger partial charge in [0.2, 0.25) is 11.5 Å². The molecule has 0 spiro atoms. The summed E-state index contributed by atoms with van der Waals surface area (Å²) in [7, 11) is 4.58. The van der Waals surface area contributed by atoms with Crippen LogP contribution in [0, 0.1) is 0 Å². The van der Waals surface area contributed by atoms with E-state index in [1.54, 1.807) is 36.4 Å². The van der Waals surface area contributed by atoms with Crippen LogP contribution in [0.4, 0.5) is 0 Å². The average molecular weight is 453 g/mol. The van der Waals surface area contributed by atoms with Gasteiger partial charge < -0.3 is 28.6 Å². The second kappa shape index (κ2) is 9.85. The third-order valence-electron chi connectivity index (χ3n) is 5.70. The van der Waals surface area contributed by atoms with Crippen molar-refractivity contribution in [2.75, 3.05) is 41.0 Å². The summed E-state index contributed by atoms with van der Waals surface area (Å²) in [6, 6.07) is 8.41. The summed E-state index contributed by atoms with van der Waals surface area (Å²) in [5.41, 5.74) is 1.09. The number of Topliss-reactive ketones (excluding diaryl/α,β-unsaturated/α-hetero) is 1. The Labute approximate surface area is 192 Å². The van der Waals surface area contributed by atoms with E-state index in [9.17, 15) is 9.59 Å². The van der Waals surface area contributed by atoms with Crippen LogP contribution in [0.2, 0.25) is 0 Å². The van der Waals surface area contributed by atoms with Gasteiger partial charge in [-0.05, 0) is 55.2 Å². The molecule has 0 unspecified atom stereocenters. The zero-order valence-electron chi connectivity index (χ0n) is 19.0. The van der Waals surface area contributed by atoms with E-state index >= 15 is 0 Å². The molecule has 1 amide bonds. The van der Waals surface area contributed by atoms with Crippen LogP contribution in [0.15, 0.2) is 36.1 Å². The van der Waals surface area contributed by atoms with Gasteiger partial charge in [-0.15, -0.1) is 0 Å². The Morgan fingerprint density at radius 1 is 1.00 bits per heavy atom. The molecule has 0 saturated carbocycles. The molecule has 2 aromatic rings. The molecule has 0 atom stereocenters. The van der Waals surface area contributed by atoms with Crippen molar-refractivity contribution in [3.63, 3.8) is 0 Å². The van der Waals surface area contributed by atoms with Crippen LogP contribution in [0.1, 0.15) is 35.2 Å². The van der Waals surface area contributed by atoms with E-state index in [1.165, 1.54) is 21.3 Å². The molecular weight excluding hydrogens is 426 g/mol. The fourth-order valence-corrected chi connectivity index (χ4v) is 3.97. The number of benzene rings is 2. The summed E-state index contributed by atoms with van der Waals surface area (Å²) < 4.78 is 27.6. The zero-order chi connectivity index (χ0) is 23.4. The highest BCUT2D eigenvalue weighted by Crippen LogP contribution is 2.40. The summed E-state index contributed by atoms with van der Waals surface area (Å²) in [6.07, 6.45) is 4.84. The molecule has 1 fully saturated rings. The molecule has 2 aliphatic rings. The fraction of sp³-hybridized carbons (Fsp3) is 0.360. The third-order valence-corrected chi connectivity index (χ3v) is 5.70. The van der Waals surface area contributed by atoms with Gasteiger partial charge in [-0.2, -0.15) is 0 Å². The van der Waals surface area contributed by atoms with Gasteiger partial charge in [0.05, 0.1) is 26.9 Å².